The minimum Gasteiger partial charge on any atom is -0.508 e. The first kappa shape index (κ1) is 14.7. The van der Waals surface area contributed by atoms with Crippen molar-refractivity contribution in [3.05, 3.63) is 42.2 Å². The molecule has 0 saturated heterocycles. The van der Waals surface area contributed by atoms with Gasteiger partial charge in [-0.25, -0.2) is 4.39 Å². The predicted molar refractivity (Wildman–Crippen MR) is 70.1 cm³/mol. The maximum absolute atomic E-state index is 12.8. The number of nitrogens with one attached hydrogen (secondary N) is 1. The summed E-state index contributed by atoms with van der Waals surface area (Å²) in [5.74, 6) is -0.459. The topological polar surface area (TPSA) is 41.5 Å². The molecule has 0 aliphatic heterocycles. The number of phenols is 1. The predicted octanol–water partition coefficient (Wildman–Crippen LogP) is 2.77. The van der Waals surface area contributed by atoms with Crippen LogP contribution in [0.4, 0.5) is 4.39 Å². The minimum atomic E-state index is -0.434. The number of aromatic hydroxyl groups is 1. The summed E-state index contributed by atoms with van der Waals surface area (Å²) in [6, 6.07) is 4.00. The molecule has 0 aliphatic carbocycles. The number of hydrogen-bond donors (Lipinski definition) is 2. The largest absolute Gasteiger partial charge is 0.508 e. The monoisotopic (exact) mass is 253 g/mol. The minimum absolute atomic E-state index is 0.0254. The molecule has 0 fully saturated rings. The van der Waals surface area contributed by atoms with Crippen molar-refractivity contribution < 1.29 is 14.2 Å². The Labute approximate surface area is 107 Å². The van der Waals surface area contributed by atoms with Crippen molar-refractivity contribution in [2.75, 3.05) is 19.8 Å². The van der Waals surface area contributed by atoms with Gasteiger partial charge in [0.25, 0.3) is 0 Å². The van der Waals surface area contributed by atoms with E-state index in [1.54, 1.807) is 6.07 Å². The van der Waals surface area contributed by atoms with Crippen molar-refractivity contribution in [2.45, 2.75) is 19.4 Å². The van der Waals surface area contributed by atoms with E-state index in [0.717, 1.165) is 12.5 Å². The fraction of sp³-hybridized carbons (Fsp3) is 0.429. The van der Waals surface area contributed by atoms with Crippen molar-refractivity contribution in [3.8, 4) is 5.75 Å². The molecule has 0 aliphatic rings. The summed E-state index contributed by atoms with van der Waals surface area (Å²) in [4.78, 5) is 0. The lowest BCUT2D eigenvalue weighted by Gasteiger charge is -2.15. The molecular weight excluding hydrogens is 233 g/mol. The summed E-state index contributed by atoms with van der Waals surface area (Å²) in [6.45, 7) is 7.46. The van der Waals surface area contributed by atoms with E-state index >= 15 is 0 Å². The summed E-state index contributed by atoms with van der Waals surface area (Å²) >= 11 is 0. The maximum Gasteiger partial charge on any atom is 0.126 e. The van der Waals surface area contributed by atoms with Gasteiger partial charge in [-0.15, -0.1) is 6.58 Å². The van der Waals surface area contributed by atoms with E-state index in [1.165, 1.54) is 6.07 Å². The molecule has 18 heavy (non-hydrogen) atoms. The molecule has 0 radical (unpaired) electrons. The molecular formula is C14H20FNO2. The van der Waals surface area contributed by atoms with E-state index in [1.807, 2.05) is 13.0 Å². The lowest BCUT2D eigenvalue weighted by Crippen LogP contribution is -2.23. The number of benzene rings is 1. The van der Waals surface area contributed by atoms with Crippen LogP contribution in [-0.2, 0) is 4.74 Å². The Hall–Kier alpha value is -1.39. The Kier molecular flexibility index (Phi) is 6.39. The molecule has 1 atom stereocenters. The van der Waals surface area contributed by atoms with Crippen LogP contribution in [0.25, 0.3) is 0 Å². The van der Waals surface area contributed by atoms with E-state index in [9.17, 15) is 9.50 Å². The van der Waals surface area contributed by atoms with Crippen LogP contribution in [0, 0.1) is 5.82 Å². The summed E-state index contributed by atoms with van der Waals surface area (Å²) in [5.41, 5.74) is 0.683. The molecule has 0 spiro atoms. The average molecular weight is 253 g/mol. The van der Waals surface area contributed by atoms with Gasteiger partial charge in [-0.1, -0.05) is 12.1 Å². The zero-order valence-electron chi connectivity index (χ0n) is 10.7. The fourth-order valence-corrected chi connectivity index (χ4v) is 1.61. The van der Waals surface area contributed by atoms with Crippen molar-refractivity contribution in [3.63, 3.8) is 0 Å². The van der Waals surface area contributed by atoms with E-state index in [0.29, 0.717) is 25.3 Å². The fourth-order valence-electron chi connectivity index (χ4n) is 1.61. The van der Waals surface area contributed by atoms with E-state index in [-0.39, 0.29) is 11.8 Å². The van der Waals surface area contributed by atoms with Crippen LogP contribution in [-0.4, -0.2) is 24.9 Å². The van der Waals surface area contributed by atoms with Gasteiger partial charge in [0.05, 0.1) is 13.2 Å². The SMILES string of the molecule is C=CCCOCCNC(C)c1ccc(F)cc1O. The summed E-state index contributed by atoms with van der Waals surface area (Å²) < 4.78 is 18.2. The van der Waals surface area contributed by atoms with Crippen LogP contribution in [0.5, 0.6) is 5.75 Å². The molecule has 1 unspecified atom stereocenters. The lowest BCUT2D eigenvalue weighted by atomic mass is 10.1. The molecule has 0 bridgehead atoms. The third kappa shape index (κ3) is 4.85. The Morgan fingerprint density at radius 2 is 2.28 bits per heavy atom. The second-order valence-electron chi connectivity index (χ2n) is 4.07. The third-order valence-corrected chi connectivity index (χ3v) is 2.62. The number of rotatable bonds is 8. The summed E-state index contributed by atoms with van der Waals surface area (Å²) in [5, 5.41) is 12.8. The Morgan fingerprint density at radius 1 is 1.50 bits per heavy atom. The first-order valence-corrected chi connectivity index (χ1v) is 6.05. The van der Waals surface area contributed by atoms with Crippen LogP contribution in [0.1, 0.15) is 24.9 Å². The van der Waals surface area contributed by atoms with Gasteiger partial charge in [-0.3, -0.25) is 0 Å². The van der Waals surface area contributed by atoms with Gasteiger partial charge in [0, 0.05) is 24.2 Å². The van der Waals surface area contributed by atoms with Gasteiger partial charge >= 0.3 is 0 Å². The highest BCUT2D eigenvalue weighted by molar-refractivity contribution is 5.34. The maximum atomic E-state index is 12.8. The van der Waals surface area contributed by atoms with Gasteiger partial charge in [-0.2, -0.15) is 0 Å². The quantitative estimate of drug-likeness (QED) is 0.553. The Balaban J connectivity index is 2.31. The first-order valence-electron chi connectivity index (χ1n) is 6.05. The Bertz CT molecular complexity index is 382. The molecule has 100 valence electrons. The highest BCUT2D eigenvalue weighted by atomic mass is 19.1. The number of phenolic OH excluding ortho intramolecular Hbond substituents is 1. The highest BCUT2D eigenvalue weighted by Gasteiger charge is 2.10. The lowest BCUT2D eigenvalue weighted by molar-refractivity contribution is 0.138. The average Bonchev–Trinajstić information content (AvgIpc) is 2.33. The number of hydrogen-bond acceptors (Lipinski definition) is 3. The van der Waals surface area contributed by atoms with Crippen LogP contribution in [0.3, 0.4) is 0 Å². The van der Waals surface area contributed by atoms with Crippen molar-refractivity contribution in [2.24, 2.45) is 0 Å². The first-order chi connectivity index (χ1) is 8.65. The van der Waals surface area contributed by atoms with Crippen molar-refractivity contribution >= 4 is 0 Å². The van der Waals surface area contributed by atoms with Crippen LogP contribution < -0.4 is 5.32 Å². The highest BCUT2D eigenvalue weighted by Crippen LogP contribution is 2.24. The van der Waals surface area contributed by atoms with E-state index < -0.39 is 5.82 Å². The van der Waals surface area contributed by atoms with Crippen LogP contribution >= 0.6 is 0 Å². The molecule has 3 nitrogen and oxygen atoms in total. The smallest absolute Gasteiger partial charge is 0.126 e. The molecule has 2 N–H and O–H groups in total. The van der Waals surface area contributed by atoms with Crippen LogP contribution in [0.15, 0.2) is 30.9 Å². The van der Waals surface area contributed by atoms with Gasteiger partial charge in [0.1, 0.15) is 11.6 Å². The summed E-state index contributed by atoms with van der Waals surface area (Å²) in [7, 11) is 0. The van der Waals surface area contributed by atoms with Gasteiger partial charge in [0.2, 0.25) is 0 Å². The van der Waals surface area contributed by atoms with E-state index in [4.69, 9.17) is 4.74 Å². The molecule has 4 heteroatoms. The van der Waals surface area contributed by atoms with E-state index in [2.05, 4.69) is 11.9 Å². The second kappa shape index (κ2) is 7.84. The van der Waals surface area contributed by atoms with Crippen molar-refractivity contribution in [1.82, 2.24) is 5.32 Å². The zero-order valence-corrected chi connectivity index (χ0v) is 10.7. The standard InChI is InChI=1S/C14H20FNO2/c1-3-4-8-18-9-7-16-11(2)13-6-5-12(15)10-14(13)17/h3,5-6,10-11,16-17H,1,4,7-9H2,2H3. The molecule has 1 aromatic rings. The summed E-state index contributed by atoms with van der Waals surface area (Å²) in [6.07, 6.45) is 2.65. The molecule has 0 saturated carbocycles. The number of ether oxygens (including phenoxy) is 1. The molecule has 0 aromatic heterocycles. The third-order valence-electron chi connectivity index (χ3n) is 2.62. The Morgan fingerprint density at radius 3 is 2.94 bits per heavy atom. The van der Waals surface area contributed by atoms with Gasteiger partial charge in [-0.05, 0) is 19.4 Å². The zero-order chi connectivity index (χ0) is 13.4. The molecule has 1 aromatic carbocycles. The number of halogens is 1. The van der Waals surface area contributed by atoms with Crippen LogP contribution in [0.2, 0.25) is 0 Å². The molecule has 0 heterocycles. The van der Waals surface area contributed by atoms with Gasteiger partial charge < -0.3 is 15.2 Å². The molecule has 0 amide bonds. The van der Waals surface area contributed by atoms with Gasteiger partial charge in [0.15, 0.2) is 0 Å². The normalized spacial score (nSPS) is 12.3. The second-order valence-corrected chi connectivity index (χ2v) is 4.07. The van der Waals surface area contributed by atoms with Crippen molar-refractivity contribution in [1.29, 1.82) is 0 Å². The molecule has 1 rings (SSSR count).